The van der Waals surface area contributed by atoms with Crippen LogP contribution in [0, 0.1) is 6.92 Å². The molecular weight excluding hydrogens is 238 g/mol. The number of amides is 1. The summed E-state index contributed by atoms with van der Waals surface area (Å²) in [6.07, 6.45) is 1.99. The molecule has 0 saturated carbocycles. The minimum atomic E-state index is -1.01. The number of carbonyl (C=O) groups is 2. The summed E-state index contributed by atoms with van der Waals surface area (Å²) in [5.74, 6) is -1.21. The number of thiophene rings is 1. The normalized spacial score (nSPS) is 12.1. The van der Waals surface area contributed by atoms with Crippen molar-refractivity contribution >= 4 is 23.2 Å². The molecule has 0 aliphatic heterocycles. The van der Waals surface area contributed by atoms with Gasteiger partial charge in [0.2, 0.25) is 5.91 Å². The highest BCUT2D eigenvalue weighted by Gasteiger charge is 2.13. The first-order valence-electron chi connectivity index (χ1n) is 5.56. The molecule has 94 valence electrons. The summed E-state index contributed by atoms with van der Waals surface area (Å²) in [5, 5.41) is 11.1. The average Bonchev–Trinajstić information content (AvgIpc) is 2.64. The molecule has 0 aliphatic rings. The smallest absolute Gasteiger partial charge is 0.325 e. The fourth-order valence-electron chi connectivity index (χ4n) is 1.42. The lowest BCUT2D eigenvalue weighted by atomic mass is 10.2. The number of carboxylic acid groups (broad SMARTS) is 1. The molecule has 5 heteroatoms. The lowest BCUT2D eigenvalue weighted by molar-refractivity contribution is -0.141. The Morgan fingerprint density at radius 1 is 1.47 bits per heavy atom. The quantitative estimate of drug-likeness (QED) is 0.816. The molecule has 1 atom stereocenters. The summed E-state index contributed by atoms with van der Waals surface area (Å²) >= 11 is 1.73. The van der Waals surface area contributed by atoms with Crippen molar-refractivity contribution in [1.82, 2.24) is 5.32 Å². The molecule has 0 aliphatic carbocycles. The number of carbonyl (C=O) groups excluding carboxylic acids is 1. The van der Waals surface area contributed by atoms with Gasteiger partial charge in [-0.3, -0.25) is 9.59 Å². The van der Waals surface area contributed by atoms with Crippen molar-refractivity contribution < 1.29 is 14.7 Å². The second kappa shape index (κ2) is 6.39. The fourth-order valence-corrected chi connectivity index (χ4v) is 2.35. The summed E-state index contributed by atoms with van der Waals surface area (Å²) in [6, 6.07) is 3.32. The molecule has 0 aromatic carbocycles. The maximum absolute atomic E-state index is 11.4. The van der Waals surface area contributed by atoms with Gasteiger partial charge in [-0.15, -0.1) is 11.3 Å². The van der Waals surface area contributed by atoms with E-state index in [1.165, 1.54) is 16.7 Å². The summed E-state index contributed by atoms with van der Waals surface area (Å²) in [4.78, 5) is 24.4. The lowest BCUT2D eigenvalue weighted by Crippen LogP contribution is -2.38. The van der Waals surface area contributed by atoms with Gasteiger partial charge in [-0.25, -0.2) is 0 Å². The summed E-state index contributed by atoms with van der Waals surface area (Å²) in [6.45, 7) is 3.51. The van der Waals surface area contributed by atoms with E-state index < -0.39 is 12.0 Å². The number of hydrogen-bond acceptors (Lipinski definition) is 3. The van der Waals surface area contributed by atoms with Crippen LogP contribution in [0.3, 0.4) is 0 Å². The molecule has 0 saturated heterocycles. The van der Waals surface area contributed by atoms with Crippen molar-refractivity contribution in [2.24, 2.45) is 0 Å². The van der Waals surface area contributed by atoms with Crippen LogP contribution in [0.15, 0.2) is 12.1 Å². The number of nitrogens with one attached hydrogen (secondary N) is 1. The molecular formula is C12H17NO3S. The van der Waals surface area contributed by atoms with Gasteiger partial charge in [0.25, 0.3) is 0 Å². The Labute approximate surface area is 105 Å². The van der Waals surface area contributed by atoms with Gasteiger partial charge in [0.1, 0.15) is 6.04 Å². The van der Waals surface area contributed by atoms with Gasteiger partial charge in [-0.1, -0.05) is 0 Å². The zero-order valence-electron chi connectivity index (χ0n) is 10.0. The van der Waals surface area contributed by atoms with E-state index in [0.717, 1.165) is 12.8 Å². The van der Waals surface area contributed by atoms with Crippen LogP contribution >= 0.6 is 11.3 Å². The Balaban J connectivity index is 2.22. The predicted molar refractivity (Wildman–Crippen MR) is 67.2 cm³/mol. The highest BCUT2D eigenvalue weighted by atomic mass is 32.1. The molecule has 2 N–H and O–H groups in total. The molecule has 1 aromatic rings. The molecule has 0 unspecified atom stereocenters. The number of carboxylic acids is 1. The third-order valence-electron chi connectivity index (χ3n) is 2.37. The van der Waals surface area contributed by atoms with Gasteiger partial charge in [0, 0.05) is 16.2 Å². The number of aliphatic carboxylic acids is 1. The second-order valence-corrected chi connectivity index (χ2v) is 5.37. The van der Waals surface area contributed by atoms with Crippen molar-refractivity contribution in [1.29, 1.82) is 0 Å². The van der Waals surface area contributed by atoms with Gasteiger partial charge < -0.3 is 10.4 Å². The Hall–Kier alpha value is -1.36. The van der Waals surface area contributed by atoms with E-state index in [4.69, 9.17) is 5.11 Å². The van der Waals surface area contributed by atoms with Crippen LogP contribution in [-0.4, -0.2) is 23.0 Å². The molecule has 1 heterocycles. The number of rotatable bonds is 6. The van der Waals surface area contributed by atoms with Crippen LogP contribution in [0.1, 0.15) is 29.5 Å². The third kappa shape index (κ3) is 4.99. The second-order valence-electron chi connectivity index (χ2n) is 3.99. The van der Waals surface area contributed by atoms with Crippen LogP contribution < -0.4 is 5.32 Å². The fraction of sp³-hybridized carbons (Fsp3) is 0.500. The van der Waals surface area contributed by atoms with E-state index in [0.29, 0.717) is 6.42 Å². The van der Waals surface area contributed by atoms with Crippen LogP contribution in [-0.2, 0) is 16.0 Å². The predicted octanol–water partition coefficient (Wildman–Crippen LogP) is 1.97. The molecule has 0 radical (unpaired) electrons. The summed E-state index contributed by atoms with van der Waals surface area (Å²) in [5.41, 5.74) is 0. The summed E-state index contributed by atoms with van der Waals surface area (Å²) in [7, 11) is 0. The maximum atomic E-state index is 11.4. The van der Waals surface area contributed by atoms with Crippen molar-refractivity contribution in [3.05, 3.63) is 21.9 Å². The standard InChI is InChI=1S/C12H17NO3S/c1-8-6-7-10(17-8)4-3-5-11(14)13-9(2)12(15)16/h6-7,9H,3-5H2,1-2H3,(H,13,14)(H,15,16)/t9-/m0/s1. The Morgan fingerprint density at radius 3 is 2.71 bits per heavy atom. The van der Waals surface area contributed by atoms with Gasteiger partial charge in [0.05, 0.1) is 0 Å². The molecule has 1 amide bonds. The van der Waals surface area contributed by atoms with Gasteiger partial charge >= 0.3 is 5.97 Å². The third-order valence-corrected chi connectivity index (χ3v) is 3.43. The molecule has 4 nitrogen and oxygen atoms in total. The van der Waals surface area contributed by atoms with E-state index >= 15 is 0 Å². The van der Waals surface area contributed by atoms with Crippen LogP contribution in [0.25, 0.3) is 0 Å². The molecule has 1 rings (SSSR count). The molecule has 0 fully saturated rings. The van der Waals surface area contributed by atoms with E-state index in [1.54, 1.807) is 11.3 Å². The highest BCUT2D eigenvalue weighted by molar-refractivity contribution is 7.11. The number of hydrogen-bond donors (Lipinski definition) is 2. The van der Waals surface area contributed by atoms with Crippen molar-refractivity contribution in [2.45, 2.75) is 39.2 Å². The van der Waals surface area contributed by atoms with Gasteiger partial charge in [0.15, 0.2) is 0 Å². The Bertz CT molecular complexity index is 400. The van der Waals surface area contributed by atoms with E-state index in [2.05, 4.69) is 24.4 Å². The van der Waals surface area contributed by atoms with E-state index in [-0.39, 0.29) is 5.91 Å². The highest BCUT2D eigenvalue weighted by Crippen LogP contribution is 2.17. The first kappa shape index (κ1) is 13.7. The van der Waals surface area contributed by atoms with Crippen LogP contribution in [0.4, 0.5) is 0 Å². The zero-order valence-corrected chi connectivity index (χ0v) is 10.8. The van der Waals surface area contributed by atoms with Gasteiger partial charge in [-0.2, -0.15) is 0 Å². The minimum Gasteiger partial charge on any atom is -0.480 e. The molecule has 0 bridgehead atoms. The maximum Gasteiger partial charge on any atom is 0.325 e. The van der Waals surface area contributed by atoms with Crippen LogP contribution in [0.5, 0.6) is 0 Å². The molecule has 1 aromatic heterocycles. The van der Waals surface area contributed by atoms with Gasteiger partial charge in [-0.05, 0) is 38.8 Å². The summed E-state index contributed by atoms with van der Waals surface area (Å²) < 4.78 is 0. The Morgan fingerprint density at radius 2 is 2.18 bits per heavy atom. The molecule has 17 heavy (non-hydrogen) atoms. The largest absolute Gasteiger partial charge is 0.480 e. The van der Waals surface area contributed by atoms with Crippen molar-refractivity contribution in [2.75, 3.05) is 0 Å². The van der Waals surface area contributed by atoms with Crippen molar-refractivity contribution in [3.63, 3.8) is 0 Å². The Kier molecular flexibility index (Phi) is 5.15. The monoisotopic (exact) mass is 255 g/mol. The van der Waals surface area contributed by atoms with Crippen LogP contribution in [0.2, 0.25) is 0 Å². The molecule has 0 spiro atoms. The first-order valence-corrected chi connectivity index (χ1v) is 6.38. The minimum absolute atomic E-state index is 0.201. The van der Waals surface area contributed by atoms with E-state index in [9.17, 15) is 9.59 Å². The zero-order chi connectivity index (χ0) is 12.8. The lowest BCUT2D eigenvalue weighted by Gasteiger charge is -2.08. The first-order chi connectivity index (χ1) is 7.99. The SMILES string of the molecule is Cc1ccc(CCCC(=O)N[C@@H](C)C(=O)O)s1. The number of aryl methyl sites for hydroxylation is 2. The average molecular weight is 255 g/mol. The van der Waals surface area contributed by atoms with Crippen molar-refractivity contribution in [3.8, 4) is 0 Å². The van der Waals surface area contributed by atoms with E-state index in [1.807, 2.05) is 0 Å². The topological polar surface area (TPSA) is 66.4 Å².